The molecule has 0 radical (unpaired) electrons. The van der Waals surface area contributed by atoms with Gasteiger partial charge in [0, 0.05) is 46.9 Å². The van der Waals surface area contributed by atoms with E-state index in [1.54, 1.807) is 11.3 Å². The molecule has 3 aromatic heterocycles. The highest BCUT2D eigenvalue weighted by Gasteiger charge is 2.25. The number of halogens is 1. The number of anilines is 1. The van der Waals surface area contributed by atoms with Gasteiger partial charge in [-0.3, -0.25) is 9.97 Å². The molecule has 1 aliphatic heterocycles. The number of piperidine rings is 1. The number of nitrogens with zero attached hydrogens (tertiary/aromatic N) is 4. The van der Waals surface area contributed by atoms with Crippen LogP contribution < -0.4 is 4.90 Å². The molecule has 4 heterocycles. The Balaban J connectivity index is 1.67. The normalized spacial score (nSPS) is 18.5. The molecule has 23 heavy (non-hydrogen) atoms. The quantitative estimate of drug-likeness (QED) is 0.645. The number of aromatic nitrogens is 3. The van der Waals surface area contributed by atoms with Gasteiger partial charge in [0.1, 0.15) is 5.52 Å². The predicted molar refractivity (Wildman–Crippen MR) is 98.3 cm³/mol. The van der Waals surface area contributed by atoms with Crippen molar-refractivity contribution in [1.82, 2.24) is 15.0 Å². The van der Waals surface area contributed by atoms with Crippen molar-refractivity contribution in [3.8, 4) is 0 Å². The Kier molecular flexibility index (Phi) is 4.03. The van der Waals surface area contributed by atoms with E-state index in [9.17, 15) is 0 Å². The first-order valence-electron chi connectivity index (χ1n) is 7.78. The van der Waals surface area contributed by atoms with Gasteiger partial charge in [-0.2, -0.15) is 0 Å². The third-order valence-electron chi connectivity index (χ3n) is 4.27. The molecule has 1 aliphatic rings. The topological polar surface area (TPSA) is 41.9 Å². The highest BCUT2D eigenvalue weighted by molar-refractivity contribution is 9.10. The lowest BCUT2D eigenvalue weighted by Gasteiger charge is -2.33. The molecule has 0 aliphatic carbocycles. The highest BCUT2D eigenvalue weighted by atomic mass is 79.9. The van der Waals surface area contributed by atoms with Crippen LogP contribution in [0.15, 0.2) is 34.4 Å². The number of hydrogen-bond donors (Lipinski definition) is 0. The molecule has 1 unspecified atom stereocenters. The van der Waals surface area contributed by atoms with Crippen molar-refractivity contribution in [1.29, 1.82) is 0 Å². The van der Waals surface area contributed by atoms with Crippen LogP contribution in [0.1, 0.15) is 29.5 Å². The van der Waals surface area contributed by atoms with Crippen molar-refractivity contribution in [2.75, 3.05) is 18.0 Å². The van der Waals surface area contributed by atoms with E-state index in [0.29, 0.717) is 5.92 Å². The van der Waals surface area contributed by atoms with Gasteiger partial charge in [-0.05, 0) is 47.8 Å². The Morgan fingerprint density at radius 3 is 3.09 bits per heavy atom. The van der Waals surface area contributed by atoms with Gasteiger partial charge < -0.3 is 4.90 Å². The number of rotatable bonds is 2. The van der Waals surface area contributed by atoms with Crippen molar-refractivity contribution in [3.05, 3.63) is 45.1 Å². The van der Waals surface area contributed by atoms with Gasteiger partial charge >= 0.3 is 0 Å². The Labute approximate surface area is 147 Å². The lowest BCUT2D eigenvalue weighted by molar-refractivity contribution is 0.508. The van der Waals surface area contributed by atoms with Crippen molar-refractivity contribution >= 4 is 44.0 Å². The lowest BCUT2D eigenvalue weighted by atomic mass is 9.98. The van der Waals surface area contributed by atoms with Gasteiger partial charge in [-0.15, -0.1) is 11.3 Å². The lowest BCUT2D eigenvalue weighted by Crippen LogP contribution is -2.34. The summed E-state index contributed by atoms with van der Waals surface area (Å²) in [5.74, 6) is 0.515. The fourth-order valence-electron chi connectivity index (χ4n) is 3.20. The van der Waals surface area contributed by atoms with Crippen LogP contribution in [0.25, 0.3) is 11.0 Å². The fraction of sp³-hybridized carbons (Fsp3) is 0.353. The second-order valence-electron chi connectivity index (χ2n) is 5.96. The minimum Gasteiger partial charge on any atom is -0.369 e. The highest BCUT2D eigenvalue weighted by Crippen LogP contribution is 2.34. The molecule has 1 fully saturated rings. The van der Waals surface area contributed by atoms with Crippen LogP contribution in [0, 0.1) is 6.92 Å². The van der Waals surface area contributed by atoms with E-state index in [1.165, 1.54) is 23.5 Å². The monoisotopic (exact) mass is 388 g/mol. The third-order valence-corrected chi connectivity index (χ3v) is 5.83. The van der Waals surface area contributed by atoms with E-state index in [2.05, 4.69) is 49.2 Å². The summed E-state index contributed by atoms with van der Waals surface area (Å²) < 4.78 is 0.962. The first-order valence-corrected chi connectivity index (χ1v) is 9.45. The number of fused-ring (bicyclic) bond motifs is 1. The first kappa shape index (κ1) is 15.0. The second-order valence-corrected chi connectivity index (χ2v) is 7.77. The van der Waals surface area contributed by atoms with E-state index in [1.807, 2.05) is 18.5 Å². The maximum Gasteiger partial charge on any atom is 0.112 e. The second kappa shape index (κ2) is 6.17. The van der Waals surface area contributed by atoms with Crippen LogP contribution in [-0.4, -0.2) is 28.0 Å². The number of pyridine rings is 2. The molecule has 0 spiro atoms. The molecule has 0 N–H and O–H groups in total. The van der Waals surface area contributed by atoms with E-state index in [0.717, 1.165) is 34.3 Å². The summed E-state index contributed by atoms with van der Waals surface area (Å²) >= 11 is 5.26. The molecule has 6 heteroatoms. The molecule has 4 nitrogen and oxygen atoms in total. The van der Waals surface area contributed by atoms with Crippen LogP contribution in [0.3, 0.4) is 0 Å². The predicted octanol–water partition coefficient (Wildman–Crippen LogP) is 4.54. The van der Waals surface area contributed by atoms with E-state index >= 15 is 0 Å². The Hall–Kier alpha value is -1.53. The Morgan fingerprint density at radius 1 is 1.35 bits per heavy atom. The van der Waals surface area contributed by atoms with Crippen LogP contribution in [0.5, 0.6) is 0 Å². The van der Waals surface area contributed by atoms with Crippen molar-refractivity contribution in [2.45, 2.75) is 25.7 Å². The van der Waals surface area contributed by atoms with Gasteiger partial charge in [0.25, 0.3) is 0 Å². The SMILES string of the molecule is Cc1csc(C2CCCN(c3ccnc4cc(Br)cnc34)C2)n1. The van der Waals surface area contributed by atoms with Crippen LogP contribution in [-0.2, 0) is 0 Å². The van der Waals surface area contributed by atoms with Gasteiger partial charge in [0.15, 0.2) is 0 Å². The zero-order valence-electron chi connectivity index (χ0n) is 12.9. The maximum absolute atomic E-state index is 4.69. The van der Waals surface area contributed by atoms with E-state index in [-0.39, 0.29) is 0 Å². The standard InChI is InChI=1S/C17H17BrN4S/c1-11-10-23-17(21-11)12-3-2-6-22(9-12)15-4-5-19-14-7-13(18)8-20-16(14)15/h4-5,7-8,10,12H,2-3,6,9H2,1H3. The molecule has 3 aromatic rings. The maximum atomic E-state index is 4.69. The number of aryl methyl sites for hydroxylation is 1. The van der Waals surface area contributed by atoms with E-state index < -0.39 is 0 Å². The smallest absolute Gasteiger partial charge is 0.112 e. The molecule has 0 bridgehead atoms. The van der Waals surface area contributed by atoms with E-state index in [4.69, 9.17) is 4.98 Å². The Morgan fingerprint density at radius 2 is 2.26 bits per heavy atom. The van der Waals surface area contributed by atoms with Crippen LogP contribution >= 0.6 is 27.3 Å². The van der Waals surface area contributed by atoms with Gasteiger partial charge in [-0.25, -0.2) is 4.98 Å². The third kappa shape index (κ3) is 2.97. The largest absolute Gasteiger partial charge is 0.369 e. The Bertz CT molecular complexity index is 847. The van der Waals surface area contributed by atoms with Gasteiger partial charge in [-0.1, -0.05) is 0 Å². The average Bonchev–Trinajstić information content (AvgIpc) is 3.01. The summed E-state index contributed by atoms with van der Waals surface area (Å²) in [6.45, 7) is 4.14. The fourth-order valence-corrected chi connectivity index (χ4v) is 4.45. The molecule has 4 rings (SSSR count). The minimum absolute atomic E-state index is 0.515. The van der Waals surface area contributed by atoms with Crippen LogP contribution in [0.4, 0.5) is 5.69 Å². The van der Waals surface area contributed by atoms with Crippen LogP contribution in [0.2, 0.25) is 0 Å². The number of thiazole rings is 1. The molecule has 1 atom stereocenters. The molecule has 0 saturated carbocycles. The van der Waals surface area contributed by atoms with Crippen molar-refractivity contribution in [2.24, 2.45) is 0 Å². The van der Waals surface area contributed by atoms with Crippen molar-refractivity contribution < 1.29 is 0 Å². The first-order chi connectivity index (χ1) is 11.2. The molecular formula is C17H17BrN4S. The molecular weight excluding hydrogens is 372 g/mol. The number of hydrogen-bond acceptors (Lipinski definition) is 5. The molecule has 118 valence electrons. The zero-order valence-corrected chi connectivity index (χ0v) is 15.3. The molecule has 0 aromatic carbocycles. The molecule has 1 saturated heterocycles. The zero-order chi connectivity index (χ0) is 15.8. The summed E-state index contributed by atoms with van der Waals surface area (Å²) in [5.41, 5.74) is 4.22. The summed E-state index contributed by atoms with van der Waals surface area (Å²) in [7, 11) is 0. The van der Waals surface area contributed by atoms with Gasteiger partial charge in [0.05, 0.1) is 16.2 Å². The summed E-state index contributed by atoms with van der Waals surface area (Å²) in [5, 5.41) is 3.41. The minimum atomic E-state index is 0.515. The molecule has 0 amide bonds. The van der Waals surface area contributed by atoms with Crippen molar-refractivity contribution in [3.63, 3.8) is 0 Å². The average molecular weight is 389 g/mol. The summed E-state index contributed by atoms with van der Waals surface area (Å²) in [4.78, 5) is 16.2. The summed E-state index contributed by atoms with van der Waals surface area (Å²) in [6, 6.07) is 4.11. The summed E-state index contributed by atoms with van der Waals surface area (Å²) in [6.07, 6.45) is 6.12. The van der Waals surface area contributed by atoms with Gasteiger partial charge in [0.2, 0.25) is 0 Å².